The molecule has 8 heteroatoms. The summed E-state index contributed by atoms with van der Waals surface area (Å²) in [5.74, 6) is -0.508. The van der Waals surface area contributed by atoms with Crippen molar-refractivity contribution >= 4 is 35.0 Å². The van der Waals surface area contributed by atoms with Crippen LogP contribution in [0.2, 0.25) is 5.02 Å². The lowest BCUT2D eigenvalue weighted by atomic mass is 10.0. The van der Waals surface area contributed by atoms with E-state index in [1.807, 2.05) is 24.3 Å². The van der Waals surface area contributed by atoms with Crippen molar-refractivity contribution in [2.45, 2.75) is 32.7 Å². The van der Waals surface area contributed by atoms with Crippen LogP contribution in [0, 0.1) is 0 Å². The van der Waals surface area contributed by atoms with Crippen LogP contribution >= 0.6 is 11.6 Å². The lowest BCUT2D eigenvalue weighted by Gasteiger charge is -2.31. The molecule has 1 atom stereocenters. The minimum absolute atomic E-state index is 0.0609. The molecule has 1 aliphatic heterocycles. The Morgan fingerprint density at radius 1 is 1.06 bits per heavy atom. The molecule has 1 aliphatic rings. The van der Waals surface area contributed by atoms with Crippen LogP contribution in [0.1, 0.15) is 48.7 Å². The van der Waals surface area contributed by atoms with E-state index >= 15 is 0 Å². The fraction of sp³-hybridized carbons (Fsp3) is 0.400. The second-order valence-electron chi connectivity index (χ2n) is 7.94. The average Bonchev–Trinajstić information content (AvgIpc) is 3.26. The molecule has 2 aromatic rings. The van der Waals surface area contributed by atoms with E-state index in [-0.39, 0.29) is 30.3 Å². The van der Waals surface area contributed by atoms with E-state index in [9.17, 15) is 14.4 Å². The zero-order chi connectivity index (χ0) is 23.8. The smallest absolute Gasteiger partial charge is 0.251 e. The summed E-state index contributed by atoms with van der Waals surface area (Å²) in [7, 11) is 0. The molecule has 0 bridgehead atoms. The first kappa shape index (κ1) is 24.7. The summed E-state index contributed by atoms with van der Waals surface area (Å²) in [6, 6.07) is 14.4. The maximum Gasteiger partial charge on any atom is 0.251 e. The Morgan fingerprint density at radius 2 is 1.76 bits per heavy atom. The molecule has 0 spiro atoms. The number of amides is 3. The van der Waals surface area contributed by atoms with Gasteiger partial charge in [-0.3, -0.25) is 19.3 Å². The maximum absolute atomic E-state index is 12.5. The first-order valence-corrected chi connectivity index (χ1v) is 11.8. The molecule has 1 heterocycles. The van der Waals surface area contributed by atoms with Crippen LogP contribution in [0.25, 0.3) is 0 Å². The second-order valence-corrected chi connectivity index (χ2v) is 8.35. The quantitative estimate of drug-likeness (QED) is 0.557. The minimum atomic E-state index is -0.337. The molecule has 1 fully saturated rings. The third kappa shape index (κ3) is 6.33. The first-order valence-electron chi connectivity index (χ1n) is 11.4. The van der Waals surface area contributed by atoms with Gasteiger partial charge in [-0.1, -0.05) is 43.6 Å². The van der Waals surface area contributed by atoms with Crippen molar-refractivity contribution in [3.63, 3.8) is 0 Å². The number of carbonyl (C=O) groups is 3. The van der Waals surface area contributed by atoms with Gasteiger partial charge in [0.1, 0.15) is 0 Å². The van der Waals surface area contributed by atoms with Crippen LogP contribution in [0.4, 0.5) is 5.69 Å². The molecule has 0 saturated carbocycles. The molecular formula is C25H31ClN4O3. The topological polar surface area (TPSA) is 81.8 Å². The third-order valence-corrected chi connectivity index (χ3v) is 6.28. The van der Waals surface area contributed by atoms with Gasteiger partial charge >= 0.3 is 0 Å². The van der Waals surface area contributed by atoms with Gasteiger partial charge in [-0.05, 0) is 55.4 Å². The SMILES string of the molecule is CCN(CC)C(CNC(=O)CNC(=O)c1ccc(N2CCCC2=O)cc1)c1ccccc1Cl. The van der Waals surface area contributed by atoms with Gasteiger partial charge in [-0.2, -0.15) is 0 Å². The summed E-state index contributed by atoms with van der Waals surface area (Å²) in [6.07, 6.45) is 1.41. The molecule has 3 rings (SSSR count). The molecule has 3 amide bonds. The molecule has 2 N–H and O–H groups in total. The van der Waals surface area contributed by atoms with Crippen molar-refractivity contribution in [2.75, 3.05) is 37.6 Å². The number of carbonyl (C=O) groups excluding carboxylic acids is 3. The molecule has 0 aliphatic carbocycles. The summed E-state index contributed by atoms with van der Waals surface area (Å²) in [4.78, 5) is 40.7. The molecule has 0 aromatic heterocycles. The lowest BCUT2D eigenvalue weighted by Crippen LogP contribution is -2.42. The summed E-state index contributed by atoms with van der Waals surface area (Å²) in [5, 5.41) is 6.24. The molecule has 2 aromatic carbocycles. The molecule has 7 nitrogen and oxygen atoms in total. The zero-order valence-corrected chi connectivity index (χ0v) is 19.9. The Kier molecular flexibility index (Phi) is 8.86. The Balaban J connectivity index is 1.54. The number of benzene rings is 2. The summed E-state index contributed by atoms with van der Waals surface area (Å²) >= 11 is 6.41. The summed E-state index contributed by atoms with van der Waals surface area (Å²) < 4.78 is 0. The molecule has 0 radical (unpaired) electrons. The second kappa shape index (κ2) is 11.8. The predicted octanol–water partition coefficient (Wildman–Crippen LogP) is 3.40. The van der Waals surface area contributed by atoms with Crippen LogP contribution in [0.3, 0.4) is 0 Å². The van der Waals surface area contributed by atoms with E-state index < -0.39 is 0 Å². The lowest BCUT2D eigenvalue weighted by molar-refractivity contribution is -0.120. The Morgan fingerprint density at radius 3 is 2.36 bits per heavy atom. The van der Waals surface area contributed by atoms with Crippen molar-refractivity contribution in [1.82, 2.24) is 15.5 Å². The van der Waals surface area contributed by atoms with Gasteiger partial charge in [0.05, 0.1) is 12.6 Å². The van der Waals surface area contributed by atoms with E-state index in [4.69, 9.17) is 11.6 Å². The van der Waals surface area contributed by atoms with Crippen LogP contribution < -0.4 is 15.5 Å². The largest absolute Gasteiger partial charge is 0.353 e. The number of halogens is 1. The van der Waals surface area contributed by atoms with E-state index in [1.54, 1.807) is 29.2 Å². The van der Waals surface area contributed by atoms with Crippen LogP contribution in [0.5, 0.6) is 0 Å². The van der Waals surface area contributed by atoms with Crippen LogP contribution in [-0.4, -0.2) is 55.3 Å². The molecule has 176 valence electrons. The highest BCUT2D eigenvalue weighted by molar-refractivity contribution is 6.31. The predicted molar refractivity (Wildman–Crippen MR) is 130 cm³/mol. The standard InChI is InChI=1S/C25H31ClN4O3/c1-3-29(4-2)22(20-8-5-6-9-21(20)26)16-27-23(31)17-28-25(33)18-11-13-19(14-12-18)30-15-7-10-24(30)32/h5-6,8-9,11-14,22H,3-4,7,10,15-17H2,1-2H3,(H,27,31)(H,28,33). The van der Waals surface area contributed by atoms with E-state index in [0.717, 1.165) is 30.8 Å². The van der Waals surface area contributed by atoms with Gasteiger partial charge < -0.3 is 15.5 Å². The van der Waals surface area contributed by atoms with E-state index in [0.29, 0.717) is 30.1 Å². The maximum atomic E-state index is 12.5. The van der Waals surface area contributed by atoms with E-state index in [2.05, 4.69) is 29.4 Å². The van der Waals surface area contributed by atoms with Crippen molar-refractivity contribution in [3.8, 4) is 0 Å². The monoisotopic (exact) mass is 470 g/mol. The van der Waals surface area contributed by atoms with Crippen molar-refractivity contribution in [2.24, 2.45) is 0 Å². The average molecular weight is 471 g/mol. The normalized spacial score (nSPS) is 14.4. The third-order valence-electron chi connectivity index (χ3n) is 5.93. The Hall–Kier alpha value is -2.90. The number of hydrogen-bond acceptors (Lipinski definition) is 4. The zero-order valence-electron chi connectivity index (χ0n) is 19.1. The van der Waals surface area contributed by atoms with Crippen LogP contribution in [0.15, 0.2) is 48.5 Å². The highest BCUT2D eigenvalue weighted by atomic mass is 35.5. The minimum Gasteiger partial charge on any atom is -0.353 e. The fourth-order valence-corrected chi connectivity index (χ4v) is 4.36. The number of nitrogens with one attached hydrogen (secondary N) is 2. The molecule has 1 saturated heterocycles. The highest BCUT2D eigenvalue weighted by Gasteiger charge is 2.22. The molecular weight excluding hydrogens is 440 g/mol. The summed E-state index contributed by atoms with van der Waals surface area (Å²) in [6.45, 7) is 6.74. The van der Waals surface area contributed by atoms with Gasteiger partial charge in [-0.25, -0.2) is 0 Å². The number of likely N-dealkylation sites (N-methyl/N-ethyl adjacent to an activating group) is 1. The number of rotatable bonds is 10. The van der Waals surface area contributed by atoms with Crippen molar-refractivity contribution in [3.05, 3.63) is 64.7 Å². The first-order chi connectivity index (χ1) is 15.9. The van der Waals surface area contributed by atoms with Crippen molar-refractivity contribution in [1.29, 1.82) is 0 Å². The van der Waals surface area contributed by atoms with Gasteiger partial charge in [0, 0.05) is 35.8 Å². The number of anilines is 1. The van der Waals surface area contributed by atoms with Gasteiger partial charge in [-0.15, -0.1) is 0 Å². The van der Waals surface area contributed by atoms with Gasteiger partial charge in [0.25, 0.3) is 5.91 Å². The van der Waals surface area contributed by atoms with Crippen LogP contribution in [-0.2, 0) is 9.59 Å². The Labute approximate surface area is 200 Å². The van der Waals surface area contributed by atoms with E-state index in [1.165, 1.54) is 0 Å². The Bertz CT molecular complexity index is 976. The van der Waals surface area contributed by atoms with Gasteiger partial charge in [0.15, 0.2) is 0 Å². The number of hydrogen-bond donors (Lipinski definition) is 2. The molecule has 33 heavy (non-hydrogen) atoms. The highest BCUT2D eigenvalue weighted by Crippen LogP contribution is 2.27. The fourth-order valence-electron chi connectivity index (χ4n) is 4.09. The summed E-state index contributed by atoms with van der Waals surface area (Å²) in [5.41, 5.74) is 2.19. The number of nitrogens with zero attached hydrogens (tertiary/aromatic N) is 2. The van der Waals surface area contributed by atoms with Gasteiger partial charge in [0.2, 0.25) is 11.8 Å². The van der Waals surface area contributed by atoms with Crippen molar-refractivity contribution < 1.29 is 14.4 Å². The molecule has 1 unspecified atom stereocenters.